The number of rotatable bonds is 3. The minimum atomic E-state index is -0.297. The molecular weight excluding hydrogens is 188 g/mol. The first-order valence-corrected chi connectivity index (χ1v) is 5.97. The third-order valence-electron chi connectivity index (χ3n) is 3.32. The Morgan fingerprint density at radius 3 is 2.20 bits per heavy atom. The third-order valence-corrected chi connectivity index (χ3v) is 3.32. The van der Waals surface area contributed by atoms with Gasteiger partial charge in [0.15, 0.2) is 5.78 Å². The predicted molar refractivity (Wildman–Crippen MR) is 62.1 cm³/mol. The van der Waals surface area contributed by atoms with Crippen LogP contribution in [0.5, 0.6) is 0 Å². The summed E-state index contributed by atoms with van der Waals surface area (Å²) in [5, 5.41) is 0. The molecule has 1 aliphatic carbocycles. The molecule has 88 valence electrons. The molecule has 0 aromatic rings. The van der Waals surface area contributed by atoms with Crippen LogP contribution in [0, 0.1) is 11.3 Å². The molecule has 0 amide bonds. The molecule has 0 saturated heterocycles. The van der Waals surface area contributed by atoms with Crippen molar-refractivity contribution in [1.29, 1.82) is 0 Å². The number of hydrazine groups is 1. The van der Waals surface area contributed by atoms with E-state index >= 15 is 0 Å². The summed E-state index contributed by atoms with van der Waals surface area (Å²) < 4.78 is 0. The third kappa shape index (κ3) is 3.28. The van der Waals surface area contributed by atoms with E-state index in [2.05, 4.69) is 5.43 Å². The molecule has 3 heteroatoms. The van der Waals surface area contributed by atoms with Gasteiger partial charge in [-0.15, -0.1) is 0 Å². The first-order chi connectivity index (χ1) is 6.96. The lowest BCUT2D eigenvalue weighted by Gasteiger charge is -2.32. The molecule has 1 rings (SSSR count). The summed E-state index contributed by atoms with van der Waals surface area (Å²) in [6.07, 6.45) is 6.05. The van der Waals surface area contributed by atoms with Gasteiger partial charge in [-0.05, 0) is 18.8 Å². The van der Waals surface area contributed by atoms with Crippen LogP contribution < -0.4 is 11.3 Å². The van der Waals surface area contributed by atoms with Gasteiger partial charge in [0, 0.05) is 5.41 Å². The van der Waals surface area contributed by atoms with Crippen LogP contribution in [0.1, 0.15) is 52.9 Å². The highest BCUT2D eigenvalue weighted by molar-refractivity contribution is 5.88. The summed E-state index contributed by atoms with van der Waals surface area (Å²) in [5.74, 6) is 6.22. The largest absolute Gasteiger partial charge is 0.297 e. The first kappa shape index (κ1) is 12.7. The highest BCUT2D eigenvalue weighted by atomic mass is 16.1. The molecule has 1 saturated carbocycles. The maximum Gasteiger partial charge on any atom is 0.156 e. The van der Waals surface area contributed by atoms with E-state index in [4.69, 9.17) is 5.84 Å². The lowest BCUT2D eigenvalue weighted by atomic mass is 9.76. The molecule has 0 aromatic heterocycles. The molecule has 0 heterocycles. The Kier molecular flexibility index (Phi) is 4.29. The summed E-state index contributed by atoms with van der Waals surface area (Å²) >= 11 is 0. The van der Waals surface area contributed by atoms with Gasteiger partial charge in [-0.1, -0.05) is 40.0 Å². The molecule has 0 spiro atoms. The van der Waals surface area contributed by atoms with E-state index in [1.54, 1.807) is 0 Å². The second kappa shape index (κ2) is 5.08. The SMILES string of the molecule is CC(C)(C)C(=O)[C@@H](NN)C1CCCCC1. The normalized spacial score (nSPS) is 21.3. The average Bonchev–Trinajstić information content (AvgIpc) is 2.19. The van der Waals surface area contributed by atoms with Crippen LogP contribution in [0.25, 0.3) is 0 Å². The van der Waals surface area contributed by atoms with Gasteiger partial charge in [0.05, 0.1) is 6.04 Å². The standard InChI is InChI=1S/C12H24N2O/c1-12(2,3)11(15)10(14-13)9-7-5-4-6-8-9/h9-10,14H,4-8,13H2,1-3H3/t10-/m0/s1. The zero-order valence-corrected chi connectivity index (χ0v) is 10.2. The number of hydrogen-bond donors (Lipinski definition) is 2. The van der Waals surface area contributed by atoms with Crippen molar-refractivity contribution < 1.29 is 4.79 Å². The zero-order chi connectivity index (χ0) is 11.5. The Labute approximate surface area is 92.8 Å². The zero-order valence-electron chi connectivity index (χ0n) is 10.2. The summed E-state index contributed by atoms with van der Waals surface area (Å²) in [6.45, 7) is 5.88. The van der Waals surface area contributed by atoms with E-state index in [1.807, 2.05) is 20.8 Å². The van der Waals surface area contributed by atoms with E-state index < -0.39 is 0 Å². The van der Waals surface area contributed by atoms with Crippen LogP contribution in [0.4, 0.5) is 0 Å². The lowest BCUT2D eigenvalue weighted by Crippen LogP contribution is -2.51. The maximum absolute atomic E-state index is 12.2. The molecule has 1 aliphatic rings. The summed E-state index contributed by atoms with van der Waals surface area (Å²) in [7, 11) is 0. The van der Waals surface area contributed by atoms with Crippen molar-refractivity contribution in [2.45, 2.75) is 58.9 Å². The van der Waals surface area contributed by atoms with Crippen molar-refractivity contribution in [2.24, 2.45) is 17.2 Å². The average molecular weight is 212 g/mol. The molecule has 1 atom stereocenters. The van der Waals surface area contributed by atoms with Crippen molar-refractivity contribution in [2.75, 3.05) is 0 Å². The highest BCUT2D eigenvalue weighted by Crippen LogP contribution is 2.30. The van der Waals surface area contributed by atoms with Crippen LogP contribution in [0.2, 0.25) is 0 Å². The maximum atomic E-state index is 12.2. The number of Topliss-reactive ketones (excluding diaryl/α,β-unsaturated/α-hetero) is 1. The Bertz CT molecular complexity index is 214. The first-order valence-electron chi connectivity index (χ1n) is 5.97. The van der Waals surface area contributed by atoms with Gasteiger partial charge in [0.2, 0.25) is 0 Å². The van der Waals surface area contributed by atoms with Gasteiger partial charge >= 0.3 is 0 Å². The molecule has 0 aliphatic heterocycles. The molecule has 0 aromatic carbocycles. The molecule has 15 heavy (non-hydrogen) atoms. The Hall–Kier alpha value is -0.410. The number of hydrogen-bond acceptors (Lipinski definition) is 3. The second-order valence-electron chi connectivity index (χ2n) is 5.66. The van der Waals surface area contributed by atoms with Gasteiger partial charge < -0.3 is 0 Å². The van der Waals surface area contributed by atoms with Gasteiger partial charge in [-0.2, -0.15) is 0 Å². The highest BCUT2D eigenvalue weighted by Gasteiger charge is 2.34. The summed E-state index contributed by atoms with van der Waals surface area (Å²) in [5.41, 5.74) is 2.43. The van der Waals surface area contributed by atoms with Crippen LogP contribution in [0.15, 0.2) is 0 Å². The van der Waals surface area contributed by atoms with Gasteiger partial charge in [-0.25, -0.2) is 5.43 Å². The fourth-order valence-corrected chi connectivity index (χ4v) is 2.36. The number of carbonyl (C=O) groups excluding carboxylic acids is 1. The Morgan fingerprint density at radius 2 is 1.80 bits per heavy atom. The van der Waals surface area contributed by atoms with Crippen LogP contribution in [-0.2, 0) is 4.79 Å². The lowest BCUT2D eigenvalue weighted by molar-refractivity contribution is -0.130. The van der Waals surface area contributed by atoms with Crippen molar-refractivity contribution in [3.63, 3.8) is 0 Å². The molecule has 3 nitrogen and oxygen atoms in total. The fourth-order valence-electron chi connectivity index (χ4n) is 2.36. The predicted octanol–water partition coefficient (Wildman–Crippen LogP) is 2.01. The second-order valence-corrected chi connectivity index (χ2v) is 5.66. The number of ketones is 1. The smallest absolute Gasteiger partial charge is 0.156 e. The van der Waals surface area contributed by atoms with E-state index in [-0.39, 0.29) is 17.2 Å². The Balaban J connectivity index is 2.65. The quantitative estimate of drug-likeness (QED) is 0.556. The van der Waals surface area contributed by atoms with E-state index in [0.717, 1.165) is 12.8 Å². The molecule has 1 fully saturated rings. The number of nitrogens with two attached hydrogens (primary N) is 1. The van der Waals surface area contributed by atoms with Gasteiger partial charge in [0.25, 0.3) is 0 Å². The molecule has 0 bridgehead atoms. The molecular formula is C12H24N2O. The summed E-state index contributed by atoms with van der Waals surface area (Å²) in [4.78, 5) is 12.2. The minimum Gasteiger partial charge on any atom is -0.297 e. The summed E-state index contributed by atoms with van der Waals surface area (Å²) in [6, 6.07) is -0.148. The molecule has 3 N–H and O–H groups in total. The molecule has 0 unspecified atom stereocenters. The van der Waals surface area contributed by atoms with Crippen molar-refractivity contribution in [3.05, 3.63) is 0 Å². The van der Waals surface area contributed by atoms with Crippen molar-refractivity contribution in [3.8, 4) is 0 Å². The van der Waals surface area contributed by atoms with Crippen molar-refractivity contribution >= 4 is 5.78 Å². The van der Waals surface area contributed by atoms with Crippen molar-refractivity contribution in [1.82, 2.24) is 5.43 Å². The van der Waals surface area contributed by atoms with Crippen LogP contribution >= 0.6 is 0 Å². The van der Waals surface area contributed by atoms with E-state index in [1.165, 1.54) is 19.3 Å². The van der Waals surface area contributed by atoms with Gasteiger partial charge in [0.1, 0.15) is 0 Å². The van der Waals surface area contributed by atoms with Gasteiger partial charge in [-0.3, -0.25) is 10.6 Å². The van der Waals surface area contributed by atoms with Crippen LogP contribution in [-0.4, -0.2) is 11.8 Å². The minimum absolute atomic E-state index is 0.148. The number of carbonyl (C=O) groups is 1. The monoisotopic (exact) mass is 212 g/mol. The van der Waals surface area contributed by atoms with E-state index in [0.29, 0.717) is 5.92 Å². The number of nitrogens with one attached hydrogen (secondary N) is 1. The van der Waals surface area contributed by atoms with Crippen LogP contribution in [0.3, 0.4) is 0 Å². The van der Waals surface area contributed by atoms with E-state index in [9.17, 15) is 4.79 Å². The molecule has 0 radical (unpaired) electrons. The fraction of sp³-hybridized carbons (Fsp3) is 0.917. The Morgan fingerprint density at radius 1 is 1.27 bits per heavy atom. The topological polar surface area (TPSA) is 55.1 Å².